The molecule has 1 aromatic heterocycles. The third kappa shape index (κ3) is 2.23. The quantitative estimate of drug-likeness (QED) is 0.433. The highest BCUT2D eigenvalue weighted by Crippen LogP contribution is 2.28. The largest absolute Gasteiger partial charge is 0.455 e. The summed E-state index contributed by atoms with van der Waals surface area (Å²) >= 11 is 5.11. The first-order valence-electron chi connectivity index (χ1n) is 3.36. The van der Waals surface area contributed by atoms with Gasteiger partial charge in [-0.2, -0.15) is 17.6 Å². The van der Waals surface area contributed by atoms with Crippen LogP contribution in [-0.2, 0) is 0 Å². The molecule has 0 unspecified atom stereocenters. The van der Waals surface area contributed by atoms with Crippen molar-refractivity contribution in [2.75, 3.05) is 0 Å². The van der Waals surface area contributed by atoms with Crippen LogP contribution in [0.3, 0.4) is 0 Å². The van der Waals surface area contributed by atoms with Crippen LogP contribution in [0, 0.1) is 11.8 Å². The zero-order valence-corrected chi connectivity index (χ0v) is 7.46. The van der Waals surface area contributed by atoms with Gasteiger partial charge >= 0.3 is 6.18 Å². The Hall–Kier alpha value is -1.24. The number of ketones is 1. The molecule has 0 aliphatic carbocycles. The number of nitrogens with zero attached hydrogens (tertiary/aromatic N) is 1. The lowest BCUT2D eigenvalue weighted by molar-refractivity contribution is -0.0887. The van der Waals surface area contributed by atoms with Crippen molar-refractivity contribution in [2.45, 2.75) is 6.18 Å². The van der Waals surface area contributed by atoms with E-state index in [1.54, 1.807) is 0 Å². The summed E-state index contributed by atoms with van der Waals surface area (Å²) in [6.45, 7) is 0. The fourth-order valence-corrected chi connectivity index (χ4v) is 1.01. The molecular formula is C7HClF5NO. The Morgan fingerprint density at radius 1 is 1.33 bits per heavy atom. The van der Waals surface area contributed by atoms with E-state index in [1.807, 2.05) is 0 Å². The van der Waals surface area contributed by atoms with Gasteiger partial charge in [0.2, 0.25) is 5.95 Å². The maximum Gasteiger partial charge on any atom is 0.455 e. The van der Waals surface area contributed by atoms with Crippen molar-refractivity contribution in [3.63, 3.8) is 0 Å². The minimum atomic E-state index is -5.32. The Labute approximate surface area is 84.7 Å². The molecule has 0 saturated carbocycles. The van der Waals surface area contributed by atoms with Gasteiger partial charge in [0.05, 0.1) is 10.6 Å². The molecule has 0 saturated heterocycles. The second-order valence-corrected chi connectivity index (χ2v) is 2.82. The second-order valence-electron chi connectivity index (χ2n) is 2.41. The molecule has 82 valence electrons. The molecule has 8 heteroatoms. The lowest BCUT2D eigenvalue weighted by Gasteiger charge is -2.07. The maximum absolute atomic E-state index is 12.8. The number of hydrogen-bond donors (Lipinski definition) is 0. The molecule has 0 radical (unpaired) electrons. The molecule has 0 N–H and O–H groups in total. The minimum absolute atomic E-state index is 0.430. The Bertz CT molecular complexity index is 417. The predicted octanol–water partition coefficient (Wildman–Crippen LogP) is 2.76. The Morgan fingerprint density at radius 3 is 2.33 bits per heavy atom. The number of pyridine rings is 1. The van der Waals surface area contributed by atoms with E-state index in [4.69, 9.17) is 11.6 Å². The molecule has 2 nitrogen and oxygen atoms in total. The smallest absolute Gasteiger partial charge is 0.284 e. The van der Waals surface area contributed by atoms with Crippen molar-refractivity contribution < 1.29 is 26.7 Å². The first-order chi connectivity index (χ1) is 6.75. The number of alkyl halides is 3. The zero-order chi connectivity index (χ0) is 11.8. The van der Waals surface area contributed by atoms with Gasteiger partial charge < -0.3 is 0 Å². The average molecular weight is 246 g/mol. The van der Waals surface area contributed by atoms with Gasteiger partial charge in [-0.15, -0.1) is 0 Å². The van der Waals surface area contributed by atoms with Crippen molar-refractivity contribution in [1.29, 1.82) is 0 Å². The van der Waals surface area contributed by atoms with Crippen LogP contribution >= 0.6 is 11.6 Å². The second kappa shape index (κ2) is 3.73. The standard InChI is InChI=1S/C7HClF5NO/c8-2-1-14-6(10)4(9)3(2)5(15)7(11,12)13/h1H. The lowest BCUT2D eigenvalue weighted by Crippen LogP contribution is -2.25. The summed E-state index contributed by atoms with van der Waals surface area (Å²) in [6.07, 6.45) is -4.89. The van der Waals surface area contributed by atoms with Crippen LogP contribution in [0.1, 0.15) is 10.4 Å². The third-order valence-corrected chi connectivity index (χ3v) is 1.70. The summed E-state index contributed by atoms with van der Waals surface area (Å²) in [4.78, 5) is 13.3. The first kappa shape index (κ1) is 11.8. The average Bonchev–Trinajstić information content (AvgIpc) is 2.10. The Balaban J connectivity index is 3.38. The Morgan fingerprint density at radius 2 is 1.87 bits per heavy atom. The molecule has 0 bridgehead atoms. The highest BCUT2D eigenvalue weighted by Gasteiger charge is 2.42. The van der Waals surface area contributed by atoms with Crippen molar-refractivity contribution >= 4 is 17.4 Å². The summed E-state index contributed by atoms with van der Waals surface area (Å²) in [7, 11) is 0. The number of rotatable bonds is 1. The SMILES string of the molecule is O=C(c1c(Cl)cnc(F)c1F)C(F)(F)F. The summed E-state index contributed by atoms with van der Waals surface area (Å²) in [5, 5.41) is -0.892. The first-order valence-corrected chi connectivity index (χ1v) is 3.74. The van der Waals surface area contributed by atoms with Gasteiger partial charge in [-0.3, -0.25) is 4.79 Å². The normalized spacial score (nSPS) is 11.6. The van der Waals surface area contributed by atoms with E-state index in [1.165, 1.54) is 0 Å². The fraction of sp³-hybridized carbons (Fsp3) is 0.143. The van der Waals surface area contributed by atoms with Crippen molar-refractivity contribution in [2.24, 2.45) is 0 Å². The van der Waals surface area contributed by atoms with Crippen molar-refractivity contribution in [1.82, 2.24) is 4.98 Å². The van der Waals surface area contributed by atoms with Gasteiger partial charge in [0.25, 0.3) is 5.78 Å². The highest BCUT2D eigenvalue weighted by atomic mass is 35.5. The topological polar surface area (TPSA) is 30.0 Å². The molecule has 0 aliphatic heterocycles. The number of aromatic nitrogens is 1. The monoisotopic (exact) mass is 245 g/mol. The molecule has 1 heterocycles. The highest BCUT2D eigenvalue weighted by molar-refractivity contribution is 6.34. The minimum Gasteiger partial charge on any atom is -0.284 e. The summed E-state index contributed by atoms with van der Waals surface area (Å²) < 4.78 is 61.0. The van der Waals surface area contributed by atoms with Crippen LogP contribution in [0.2, 0.25) is 5.02 Å². The van der Waals surface area contributed by atoms with Crippen LogP contribution in [0.4, 0.5) is 22.0 Å². The molecule has 0 aliphatic rings. The van der Waals surface area contributed by atoms with Crippen LogP contribution in [-0.4, -0.2) is 16.9 Å². The molecular weight excluding hydrogens is 245 g/mol. The predicted molar refractivity (Wildman–Crippen MR) is 39.5 cm³/mol. The number of carbonyl (C=O) groups is 1. The molecule has 0 spiro atoms. The van der Waals surface area contributed by atoms with E-state index in [0.29, 0.717) is 6.20 Å². The number of Topliss-reactive ketones (excluding diaryl/α,β-unsaturated/α-hetero) is 1. The molecule has 0 atom stereocenters. The van der Waals surface area contributed by atoms with Crippen LogP contribution in [0.15, 0.2) is 6.20 Å². The van der Waals surface area contributed by atoms with E-state index in [0.717, 1.165) is 0 Å². The van der Waals surface area contributed by atoms with E-state index < -0.39 is 34.3 Å². The number of hydrogen-bond acceptors (Lipinski definition) is 2. The fourth-order valence-electron chi connectivity index (χ4n) is 0.792. The lowest BCUT2D eigenvalue weighted by atomic mass is 10.1. The number of halogens is 6. The van der Waals surface area contributed by atoms with Gasteiger partial charge in [0.1, 0.15) is 0 Å². The van der Waals surface area contributed by atoms with Gasteiger partial charge in [0, 0.05) is 6.20 Å². The summed E-state index contributed by atoms with van der Waals surface area (Å²) in [5.74, 6) is -6.37. The van der Waals surface area contributed by atoms with Crippen molar-refractivity contribution in [3.05, 3.63) is 28.5 Å². The van der Waals surface area contributed by atoms with Gasteiger partial charge in [0.15, 0.2) is 5.82 Å². The van der Waals surface area contributed by atoms with E-state index in [2.05, 4.69) is 4.98 Å². The summed E-state index contributed by atoms with van der Waals surface area (Å²) in [5.41, 5.74) is -1.56. The third-order valence-electron chi connectivity index (χ3n) is 1.42. The van der Waals surface area contributed by atoms with Gasteiger partial charge in [-0.1, -0.05) is 11.6 Å². The molecule has 15 heavy (non-hydrogen) atoms. The zero-order valence-electron chi connectivity index (χ0n) is 6.70. The van der Waals surface area contributed by atoms with Gasteiger partial charge in [-0.25, -0.2) is 9.37 Å². The van der Waals surface area contributed by atoms with Crippen molar-refractivity contribution in [3.8, 4) is 0 Å². The van der Waals surface area contributed by atoms with Crippen LogP contribution < -0.4 is 0 Å². The van der Waals surface area contributed by atoms with Crippen LogP contribution in [0.25, 0.3) is 0 Å². The Kier molecular flexibility index (Phi) is 2.94. The summed E-state index contributed by atoms with van der Waals surface area (Å²) in [6, 6.07) is 0. The van der Waals surface area contributed by atoms with E-state index in [-0.39, 0.29) is 0 Å². The van der Waals surface area contributed by atoms with Crippen LogP contribution in [0.5, 0.6) is 0 Å². The molecule has 1 aromatic rings. The molecule has 1 rings (SSSR count). The van der Waals surface area contributed by atoms with Gasteiger partial charge in [-0.05, 0) is 0 Å². The molecule has 0 aromatic carbocycles. The molecule has 0 fully saturated rings. The molecule has 0 amide bonds. The van der Waals surface area contributed by atoms with E-state index >= 15 is 0 Å². The number of carbonyl (C=O) groups excluding carboxylic acids is 1. The maximum atomic E-state index is 12.8. The van der Waals surface area contributed by atoms with E-state index in [9.17, 15) is 26.7 Å².